The molecule has 0 heterocycles. The minimum absolute atomic E-state index is 0.0188. The van der Waals surface area contributed by atoms with E-state index in [2.05, 4.69) is 17.4 Å². The Morgan fingerprint density at radius 3 is 2.64 bits per heavy atom. The molecule has 1 N–H and O–H groups in total. The van der Waals surface area contributed by atoms with Gasteiger partial charge in [0, 0.05) is 12.1 Å². The lowest BCUT2D eigenvalue weighted by Crippen LogP contribution is -2.25. The molecule has 3 heteroatoms. The van der Waals surface area contributed by atoms with Crippen molar-refractivity contribution in [2.24, 2.45) is 0 Å². The standard InChI is InChI=1S/C19H19NO2/c1-22-18-10-6-14(7-11-18)13-20-19(21)17-9-8-15-4-2-3-5-16(15)12-17/h2-7,10-12H,8-9,13H2,1H3,(H,20,21). The summed E-state index contributed by atoms with van der Waals surface area (Å²) in [6.07, 6.45) is 3.73. The molecule has 22 heavy (non-hydrogen) atoms. The summed E-state index contributed by atoms with van der Waals surface area (Å²) in [6, 6.07) is 16.0. The third kappa shape index (κ3) is 3.19. The zero-order chi connectivity index (χ0) is 15.4. The van der Waals surface area contributed by atoms with Gasteiger partial charge >= 0.3 is 0 Å². The van der Waals surface area contributed by atoms with E-state index in [1.54, 1.807) is 7.11 Å². The Morgan fingerprint density at radius 1 is 1.09 bits per heavy atom. The molecule has 0 aromatic heterocycles. The van der Waals surface area contributed by atoms with E-state index in [0.29, 0.717) is 6.54 Å². The van der Waals surface area contributed by atoms with Gasteiger partial charge in [0.1, 0.15) is 5.75 Å². The first kappa shape index (κ1) is 14.4. The number of benzene rings is 2. The minimum Gasteiger partial charge on any atom is -0.497 e. The molecule has 1 aliphatic carbocycles. The van der Waals surface area contributed by atoms with Gasteiger partial charge in [-0.25, -0.2) is 0 Å². The fourth-order valence-corrected chi connectivity index (χ4v) is 2.65. The minimum atomic E-state index is 0.0188. The first-order valence-corrected chi connectivity index (χ1v) is 7.46. The number of hydrogen-bond donors (Lipinski definition) is 1. The molecule has 2 aromatic carbocycles. The van der Waals surface area contributed by atoms with Gasteiger partial charge in [0.05, 0.1) is 7.11 Å². The molecule has 0 saturated carbocycles. The van der Waals surface area contributed by atoms with Gasteiger partial charge in [-0.2, -0.15) is 0 Å². The molecule has 0 fully saturated rings. The van der Waals surface area contributed by atoms with Gasteiger partial charge in [-0.3, -0.25) is 4.79 Å². The molecule has 0 aliphatic heterocycles. The SMILES string of the molecule is COc1ccc(CNC(=O)C2=Cc3ccccc3CC2)cc1. The van der Waals surface area contributed by atoms with Gasteiger partial charge in [0.2, 0.25) is 5.91 Å². The average molecular weight is 293 g/mol. The van der Waals surface area contributed by atoms with Crippen LogP contribution in [0.25, 0.3) is 6.08 Å². The van der Waals surface area contributed by atoms with E-state index in [9.17, 15) is 4.79 Å². The number of rotatable bonds is 4. The van der Waals surface area contributed by atoms with E-state index in [0.717, 1.165) is 35.3 Å². The summed E-state index contributed by atoms with van der Waals surface area (Å²) in [5.41, 5.74) is 4.38. The van der Waals surface area contributed by atoms with Crippen LogP contribution in [0.3, 0.4) is 0 Å². The molecule has 3 rings (SSSR count). The molecule has 0 radical (unpaired) electrons. The molecule has 0 bridgehead atoms. The van der Waals surface area contributed by atoms with Crippen molar-refractivity contribution in [3.05, 3.63) is 70.8 Å². The summed E-state index contributed by atoms with van der Waals surface area (Å²) in [7, 11) is 1.64. The zero-order valence-electron chi connectivity index (χ0n) is 12.6. The number of amides is 1. The number of ether oxygens (including phenoxy) is 1. The number of hydrogen-bond acceptors (Lipinski definition) is 2. The van der Waals surface area contributed by atoms with Gasteiger partial charge in [0.25, 0.3) is 0 Å². The molecule has 112 valence electrons. The van der Waals surface area contributed by atoms with Crippen LogP contribution in [0.1, 0.15) is 23.1 Å². The van der Waals surface area contributed by atoms with Crippen LogP contribution in [-0.4, -0.2) is 13.0 Å². The predicted molar refractivity (Wildman–Crippen MR) is 87.6 cm³/mol. The molecule has 1 aliphatic rings. The van der Waals surface area contributed by atoms with E-state index in [1.165, 1.54) is 5.56 Å². The van der Waals surface area contributed by atoms with Crippen LogP contribution in [0, 0.1) is 0 Å². The molecule has 0 unspecified atom stereocenters. The fraction of sp³-hybridized carbons (Fsp3) is 0.211. The smallest absolute Gasteiger partial charge is 0.247 e. The van der Waals surface area contributed by atoms with Crippen LogP contribution >= 0.6 is 0 Å². The molecule has 0 atom stereocenters. The highest BCUT2D eigenvalue weighted by Crippen LogP contribution is 2.23. The monoisotopic (exact) mass is 293 g/mol. The topological polar surface area (TPSA) is 38.3 Å². The van der Waals surface area contributed by atoms with Crippen molar-refractivity contribution >= 4 is 12.0 Å². The van der Waals surface area contributed by atoms with Gasteiger partial charge in [-0.15, -0.1) is 0 Å². The highest BCUT2D eigenvalue weighted by molar-refractivity contribution is 5.98. The highest BCUT2D eigenvalue weighted by Gasteiger charge is 2.15. The van der Waals surface area contributed by atoms with Crippen molar-refractivity contribution < 1.29 is 9.53 Å². The summed E-state index contributed by atoms with van der Waals surface area (Å²) in [6.45, 7) is 0.530. The molecular formula is C19H19NO2. The van der Waals surface area contributed by atoms with E-state index >= 15 is 0 Å². The second-order valence-corrected chi connectivity index (χ2v) is 5.40. The third-order valence-corrected chi connectivity index (χ3v) is 3.95. The fourth-order valence-electron chi connectivity index (χ4n) is 2.65. The second kappa shape index (κ2) is 6.48. The Balaban J connectivity index is 1.64. The number of fused-ring (bicyclic) bond motifs is 1. The summed E-state index contributed by atoms with van der Waals surface area (Å²) in [4.78, 5) is 12.3. The predicted octanol–water partition coefficient (Wildman–Crippen LogP) is 3.34. The van der Waals surface area contributed by atoms with Crippen LogP contribution < -0.4 is 10.1 Å². The summed E-state index contributed by atoms with van der Waals surface area (Å²) >= 11 is 0. The summed E-state index contributed by atoms with van der Waals surface area (Å²) in [5.74, 6) is 0.840. The van der Waals surface area contributed by atoms with Crippen LogP contribution in [-0.2, 0) is 17.8 Å². The van der Waals surface area contributed by atoms with Gasteiger partial charge in [-0.1, -0.05) is 36.4 Å². The van der Waals surface area contributed by atoms with E-state index in [4.69, 9.17) is 4.74 Å². The zero-order valence-corrected chi connectivity index (χ0v) is 12.6. The van der Waals surface area contributed by atoms with Crippen LogP contribution in [0.2, 0.25) is 0 Å². The molecule has 3 nitrogen and oxygen atoms in total. The maximum atomic E-state index is 12.3. The van der Waals surface area contributed by atoms with Crippen molar-refractivity contribution in [3.8, 4) is 5.75 Å². The average Bonchev–Trinajstić information content (AvgIpc) is 2.59. The maximum absolute atomic E-state index is 12.3. The molecule has 0 saturated heterocycles. The lowest BCUT2D eigenvalue weighted by atomic mass is 9.92. The Labute approximate surface area is 130 Å². The van der Waals surface area contributed by atoms with E-state index in [-0.39, 0.29) is 5.91 Å². The Hall–Kier alpha value is -2.55. The van der Waals surface area contributed by atoms with Crippen molar-refractivity contribution in [1.29, 1.82) is 0 Å². The van der Waals surface area contributed by atoms with Gasteiger partial charge in [0.15, 0.2) is 0 Å². The maximum Gasteiger partial charge on any atom is 0.247 e. The number of carbonyl (C=O) groups is 1. The molecular weight excluding hydrogens is 274 g/mol. The first-order valence-electron chi connectivity index (χ1n) is 7.46. The number of methoxy groups -OCH3 is 1. The lowest BCUT2D eigenvalue weighted by molar-refractivity contribution is -0.117. The molecule has 1 amide bonds. The van der Waals surface area contributed by atoms with Crippen LogP contribution in [0.5, 0.6) is 5.75 Å². The van der Waals surface area contributed by atoms with Crippen LogP contribution in [0.4, 0.5) is 0 Å². The van der Waals surface area contributed by atoms with Gasteiger partial charge < -0.3 is 10.1 Å². The Bertz CT molecular complexity index is 702. The lowest BCUT2D eigenvalue weighted by Gasteiger charge is -2.16. The highest BCUT2D eigenvalue weighted by atomic mass is 16.5. The van der Waals surface area contributed by atoms with Crippen molar-refractivity contribution in [1.82, 2.24) is 5.32 Å². The second-order valence-electron chi connectivity index (χ2n) is 5.40. The Morgan fingerprint density at radius 2 is 1.86 bits per heavy atom. The van der Waals surface area contributed by atoms with Crippen molar-refractivity contribution in [2.45, 2.75) is 19.4 Å². The molecule has 0 spiro atoms. The van der Waals surface area contributed by atoms with Gasteiger partial charge in [-0.05, 0) is 47.7 Å². The first-order chi connectivity index (χ1) is 10.8. The summed E-state index contributed by atoms with van der Waals surface area (Å²) < 4.78 is 5.13. The quantitative estimate of drug-likeness (QED) is 0.939. The molecule has 2 aromatic rings. The Kier molecular flexibility index (Phi) is 4.24. The normalized spacial score (nSPS) is 13.0. The number of carbonyl (C=O) groups excluding carboxylic acids is 1. The van der Waals surface area contributed by atoms with Crippen LogP contribution in [0.15, 0.2) is 54.1 Å². The van der Waals surface area contributed by atoms with Crippen molar-refractivity contribution in [3.63, 3.8) is 0 Å². The summed E-state index contributed by atoms with van der Waals surface area (Å²) in [5, 5.41) is 2.99. The van der Waals surface area contributed by atoms with E-state index < -0.39 is 0 Å². The van der Waals surface area contributed by atoms with E-state index in [1.807, 2.05) is 42.5 Å². The largest absolute Gasteiger partial charge is 0.497 e. The number of aryl methyl sites for hydroxylation is 1. The third-order valence-electron chi connectivity index (χ3n) is 3.95. The number of nitrogens with one attached hydrogen (secondary N) is 1. The van der Waals surface area contributed by atoms with Crippen molar-refractivity contribution in [2.75, 3.05) is 7.11 Å².